The van der Waals surface area contributed by atoms with Crippen LogP contribution in [0.15, 0.2) is 18.2 Å². The molecule has 3 aliphatic carbocycles. The Bertz CT molecular complexity index is 626. The highest BCUT2D eigenvalue weighted by atomic mass is 16.5. The third-order valence-electron chi connectivity index (χ3n) is 7.15. The van der Waals surface area contributed by atoms with Gasteiger partial charge in [0, 0.05) is 6.42 Å². The van der Waals surface area contributed by atoms with Crippen molar-refractivity contribution in [2.24, 2.45) is 17.3 Å². The zero-order valence-electron chi connectivity index (χ0n) is 14.5. The van der Waals surface area contributed by atoms with E-state index in [2.05, 4.69) is 25.1 Å². The quantitative estimate of drug-likeness (QED) is 0.674. The van der Waals surface area contributed by atoms with Crippen LogP contribution >= 0.6 is 0 Å². The number of rotatable bonds is 4. The predicted octanol–water partition coefficient (Wildman–Crippen LogP) is 3.87. The Labute approximate surface area is 144 Å². The molecular formula is C21H28O3. The molecule has 0 heterocycles. The van der Waals surface area contributed by atoms with E-state index in [1.165, 1.54) is 30.4 Å². The number of carbonyl (C=O) groups is 1. The molecule has 3 heteroatoms. The van der Waals surface area contributed by atoms with Crippen LogP contribution in [0, 0.1) is 17.3 Å². The predicted molar refractivity (Wildman–Crippen MR) is 93.2 cm³/mol. The van der Waals surface area contributed by atoms with E-state index in [4.69, 9.17) is 4.74 Å². The van der Waals surface area contributed by atoms with Crippen molar-refractivity contribution in [3.05, 3.63) is 29.3 Å². The van der Waals surface area contributed by atoms with Crippen LogP contribution in [0.1, 0.15) is 62.5 Å². The van der Waals surface area contributed by atoms with Gasteiger partial charge in [0.15, 0.2) is 0 Å². The number of aliphatic hydroxyl groups is 1. The molecule has 3 nitrogen and oxygen atoms in total. The highest BCUT2D eigenvalue weighted by Crippen LogP contribution is 2.60. The molecule has 4 rings (SSSR count). The molecule has 0 saturated heterocycles. The van der Waals surface area contributed by atoms with Gasteiger partial charge in [-0.2, -0.15) is 0 Å². The third-order valence-corrected chi connectivity index (χ3v) is 7.15. The molecule has 2 fully saturated rings. The standard InChI is InChI=1S/C21H28O3/c1-21-10-9-17-16-6-4-15(24-12-2-11-22)13-14(16)3-5-18(17)19(21)7-8-20(21)23/h4,6,11,13,17-20,23H,2-3,5,7-10,12H2,1H3/t17-,18-,19+,20+,21+/m1/s1. The van der Waals surface area contributed by atoms with Gasteiger partial charge in [-0.3, -0.25) is 0 Å². The van der Waals surface area contributed by atoms with Gasteiger partial charge in [0.2, 0.25) is 0 Å². The molecule has 1 aromatic carbocycles. The van der Waals surface area contributed by atoms with Gasteiger partial charge in [0.1, 0.15) is 12.0 Å². The van der Waals surface area contributed by atoms with Gasteiger partial charge in [-0.25, -0.2) is 0 Å². The van der Waals surface area contributed by atoms with Gasteiger partial charge in [-0.15, -0.1) is 0 Å². The molecular weight excluding hydrogens is 300 g/mol. The minimum absolute atomic E-state index is 0.0987. The summed E-state index contributed by atoms with van der Waals surface area (Å²) in [7, 11) is 0. The van der Waals surface area contributed by atoms with Crippen LogP contribution in [0.25, 0.3) is 0 Å². The highest BCUT2D eigenvalue weighted by Gasteiger charge is 2.54. The summed E-state index contributed by atoms with van der Waals surface area (Å²) in [5.41, 5.74) is 3.09. The van der Waals surface area contributed by atoms with Crippen molar-refractivity contribution in [1.29, 1.82) is 0 Å². The van der Waals surface area contributed by atoms with Crippen molar-refractivity contribution < 1.29 is 14.6 Å². The fourth-order valence-corrected chi connectivity index (χ4v) is 5.85. The summed E-state index contributed by atoms with van der Waals surface area (Å²) in [5, 5.41) is 10.5. The van der Waals surface area contributed by atoms with Crippen LogP contribution in [0.3, 0.4) is 0 Å². The third kappa shape index (κ3) is 2.48. The Morgan fingerprint density at radius 3 is 3.00 bits per heavy atom. The average Bonchev–Trinajstić information content (AvgIpc) is 2.90. The monoisotopic (exact) mass is 328 g/mol. The second kappa shape index (κ2) is 6.18. The summed E-state index contributed by atoms with van der Waals surface area (Å²) in [6, 6.07) is 6.52. The number of aryl methyl sites for hydroxylation is 1. The van der Waals surface area contributed by atoms with Crippen molar-refractivity contribution in [2.75, 3.05) is 6.61 Å². The maximum Gasteiger partial charge on any atom is 0.123 e. The number of aldehydes is 1. The molecule has 130 valence electrons. The average molecular weight is 328 g/mol. The first-order valence-electron chi connectivity index (χ1n) is 9.51. The molecule has 0 unspecified atom stereocenters. The van der Waals surface area contributed by atoms with E-state index >= 15 is 0 Å². The van der Waals surface area contributed by atoms with E-state index in [1.807, 2.05) is 0 Å². The lowest BCUT2D eigenvalue weighted by molar-refractivity contribution is -0.108. The summed E-state index contributed by atoms with van der Waals surface area (Å²) < 4.78 is 5.68. The van der Waals surface area contributed by atoms with Gasteiger partial charge in [0.25, 0.3) is 0 Å². The van der Waals surface area contributed by atoms with Crippen LogP contribution in [0.4, 0.5) is 0 Å². The van der Waals surface area contributed by atoms with Crippen LogP contribution < -0.4 is 4.74 Å². The molecule has 0 radical (unpaired) electrons. The molecule has 24 heavy (non-hydrogen) atoms. The lowest BCUT2D eigenvalue weighted by Crippen LogP contribution is -2.43. The molecule has 1 N–H and O–H groups in total. The summed E-state index contributed by atoms with van der Waals surface area (Å²) in [6.07, 6.45) is 8.14. The van der Waals surface area contributed by atoms with Crippen LogP contribution in [0.5, 0.6) is 5.75 Å². The Balaban J connectivity index is 1.56. The molecule has 1 aromatic rings. The first kappa shape index (κ1) is 16.1. The summed E-state index contributed by atoms with van der Waals surface area (Å²) in [4.78, 5) is 10.4. The maximum atomic E-state index is 10.5. The van der Waals surface area contributed by atoms with Crippen LogP contribution in [-0.2, 0) is 11.2 Å². The first-order valence-corrected chi connectivity index (χ1v) is 9.51. The van der Waals surface area contributed by atoms with Gasteiger partial charge in [-0.1, -0.05) is 13.0 Å². The lowest BCUT2D eigenvalue weighted by Gasteiger charge is -2.50. The van der Waals surface area contributed by atoms with E-state index < -0.39 is 0 Å². The van der Waals surface area contributed by atoms with Crippen molar-refractivity contribution in [1.82, 2.24) is 0 Å². The Morgan fingerprint density at radius 1 is 1.29 bits per heavy atom. The molecule has 0 aromatic heterocycles. The Kier molecular flexibility index (Phi) is 4.16. The van der Waals surface area contributed by atoms with Crippen molar-refractivity contribution in [3.8, 4) is 5.75 Å². The molecule has 5 atom stereocenters. The minimum Gasteiger partial charge on any atom is -0.493 e. The molecule has 2 saturated carbocycles. The fourth-order valence-electron chi connectivity index (χ4n) is 5.85. The SMILES string of the molecule is C[C@]12CC[C@@H]3c4ccc(OCCC=O)cc4CC[C@H]3[C@@H]1CC[C@@H]2O. The topological polar surface area (TPSA) is 46.5 Å². The normalized spacial score (nSPS) is 37.2. The number of carbonyl (C=O) groups excluding carboxylic acids is 1. The molecule has 0 bridgehead atoms. The number of aliphatic hydroxyl groups excluding tert-OH is 1. The highest BCUT2D eigenvalue weighted by molar-refractivity contribution is 5.49. The van der Waals surface area contributed by atoms with Crippen LogP contribution in [0.2, 0.25) is 0 Å². The zero-order valence-corrected chi connectivity index (χ0v) is 14.5. The van der Waals surface area contributed by atoms with Gasteiger partial charge in [-0.05, 0) is 85.0 Å². The smallest absolute Gasteiger partial charge is 0.123 e. The number of ether oxygens (including phenoxy) is 1. The fraction of sp³-hybridized carbons (Fsp3) is 0.667. The number of benzene rings is 1. The van der Waals surface area contributed by atoms with Gasteiger partial charge < -0.3 is 14.6 Å². The zero-order chi connectivity index (χ0) is 16.7. The van der Waals surface area contributed by atoms with Crippen molar-refractivity contribution in [3.63, 3.8) is 0 Å². The van der Waals surface area contributed by atoms with Gasteiger partial charge >= 0.3 is 0 Å². The van der Waals surface area contributed by atoms with Gasteiger partial charge in [0.05, 0.1) is 12.7 Å². The van der Waals surface area contributed by atoms with Crippen LogP contribution in [-0.4, -0.2) is 24.1 Å². The molecule has 0 amide bonds. The van der Waals surface area contributed by atoms with E-state index in [9.17, 15) is 9.90 Å². The second-order valence-electron chi connectivity index (χ2n) is 8.22. The summed E-state index contributed by atoms with van der Waals surface area (Å²) in [6.45, 7) is 2.79. The Hall–Kier alpha value is -1.35. The van der Waals surface area contributed by atoms with E-state index in [1.54, 1.807) is 0 Å². The molecule has 3 aliphatic rings. The summed E-state index contributed by atoms with van der Waals surface area (Å²) in [5.74, 6) is 2.96. The second-order valence-corrected chi connectivity index (χ2v) is 8.22. The van der Waals surface area contributed by atoms with E-state index in [-0.39, 0.29) is 11.5 Å². The number of hydrogen-bond acceptors (Lipinski definition) is 3. The Morgan fingerprint density at radius 2 is 2.17 bits per heavy atom. The number of hydrogen-bond donors (Lipinski definition) is 1. The van der Waals surface area contributed by atoms with E-state index in [0.717, 1.165) is 37.2 Å². The van der Waals surface area contributed by atoms with Crippen molar-refractivity contribution in [2.45, 2.75) is 63.9 Å². The first-order chi connectivity index (χ1) is 11.6. The largest absolute Gasteiger partial charge is 0.493 e. The summed E-state index contributed by atoms with van der Waals surface area (Å²) >= 11 is 0. The molecule has 0 aliphatic heterocycles. The minimum atomic E-state index is -0.0987. The van der Waals surface area contributed by atoms with Crippen molar-refractivity contribution >= 4 is 6.29 Å². The number of fused-ring (bicyclic) bond motifs is 5. The lowest BCUT2D eigenvalue weighted by atomic mass is 9.55. The maximum absolute atomic E-state index is 10.5. The molecule has 0 spiro atoms. The van der Waals surface area contributed by atoms with E-state index in [0.29, 0.717) is 24.9 Å².